The van der Waals surface area contributed by atoms with Crippen molar-refractivity contribution < 1.29 is 18.3 Å². The summed E-state index contributed by atoms with van der Waals surface area (Å²) >= 11 is 1.17. The van der Waals surface area contributed by atoms with Crippen LogP contribution >= 0.6 is 11.3 Å². The molecule has 0 aliphatic rings. The van der Waals surface area contributed by atoms with Gasteiger partial charge in [0, 0.05) is 29.4 Å². The Morgan fingerprint density at radius 3 is 2.68 bits per heavy atom. The molecule has 1 N–H and O–H groups in total. The van der Waals surface area contributed by atoms with Crippen LogP contribution in [0.1, 0.15) is 5.56 Å². The van der Waals surface area contributed by atoms with Crippen molar-refractivity contribution in [2.24, 2.45) is 0 Å². The lowest BCUT2D eigenvalue weighted by Crippen LogP contribution is -1.95. The van der Waals surface area contributed by atoms with Gasteiger partial charge in [0.25, 0.3) is 0 Å². The van der Waals surface area contributed by atoms with E-state index in [9.17, 15) is 13.2 Å². The molecule has 0 aliphatic heterocycles. The van der Waals surface area contributed by atoms with E-state index in [4.69, 9.17) is 5.11 Å². The summed E-state index contributed by atoms with van der Waals surface area (Å²) in [4.78, 5) is 8.14. The van der Waals surface area contributed by atoms with Crippen LogP contribution in [0.3, 0.4) is 0 Å². The molecule has 2 heterocycles. The monoisotopic (exact) mass is 322 g/mol. The third-order valence-corrected chi connectivity index (χ3v) is 4.04. The standard InChI is InChI=1S/C15H9F3N2OS/c1-7-2-3-19-5-8(7)15-20-10(6-22-15)12-9(16)4-11(21)13(17)14(12)18/h2-6,21H,1H3. The van der Waals surface area contributed by atoms with E-state index in [0.29, 0.717) is 11.1 Å². The Morgan fingerprint density at radius 2 is 1.95 bits per heavy atom. The predicted molar refractivity (Wildman–Crippen MR) is 77.1 cm³/mol. The van der Waals surface area contributed by atoms with Crippen molar-refractivity contribution in [3.8, 4) is 27.6 Å². The van der Waals surface area contributed by atoms with Gasteiger partial charge in [0.05, 0.1) is 11.3 Å². The Labute approximate surface area is 127 Å². The SMILES string of the molecule is Cc1ccncc1-c1nc(-c2c(F)cc(O)c(F)c2F)cs1. The van der Waals surface area contributed by atoms with Crippen LogP contribution in [0.2, 0.25) is 0 Å². The van der Waals surface area contributed by atoms with Crippen molar-refractivity contribution in [1.82, 2.24) is 9.97 Å². The molecular weight excluding hydrogens is 313 g/mol. The molecule has 0 saturated heterocycles. The molecule has 112 valence electrons. The quantitative estimate of drug-likeness (QED) is 0.715. The van der Waals surface area contributed by atoms with Crippen molar-refractivity contribution in [2.75, 3.05) is 0 Å². The van der Waals surface area contributed by atoms with Crippen molar-refractivity contribution in [3.63, 3.8) is 0 Å². The number of benzene rings is 1. The maximum atomic E-state index is 13.9. The lowest BCUT2D eigenvalue weighted by molar-refractivity contribution is 0.401. The van der Waals surface area contributed by atoms with Crippen LogP contribution in [0.4, 0.5) is 13.2 Å². The van der Waals surface area contributed by atoms with Crippen LogP contribution in [-0.4, -0.2) is 15.1 Å². The van der Waals surface area contributed by atoms with E-state index in [1.165, 1.54) is 16.7 Å². The van der Waals surface area contributed by atoms with E-state index in [1.54, 1.807) is 18.5 Å². The molecule has 2 aromatic heterocycles. The van der Waals surface area contributed by atoms with Gasteiger partial charge in [-0.15, -0.1) is 11.3 Å². The predicted octanol–water partition coefficient (Wildman–Crippen LogP) is 4.30. The molecule has 0 spiro atoms. The van der Waals surface area contributed by atoms with Gasteiger partial charge in [-0.25, -0.2) is 13.8 Å². The first-order chi connectivity index (χ1) is 10.5. The van der Waals surface area contributed by atoms with Crippen LogP contribution in [0.5, 0.6) is 5.75 Å². The number of phenolic OH excluding ortho intramolecular Hbond substituents is 1. The van der Waals surface area contributed by atoms with Gasteiger partial charge in [0.2, 0.25) is 5.82 Å². The number of rotatable bonds is 2. The minimum atomic E-state index is -1.50. The van der Waals surface area contributed by atoms with Gasteiger partial charge in [0.1, 0.15) is 10.8 Å². The van der Waals surface area contributed by atoms with E-state index in [0.717, 1.165) is 11.1 Å². The fourth-order valence-corrected chi connectivity index (χ4v) is 2.90. The highest BCUT2D eigenvalue weighted by Crippen LogP contribution is 2.35. The average Bonchev–Trinajstić information content (AvgIpc) is 2.95. The number of hydrogen-bond acceptors (Lipinski definition) is 4. The second-order valence-electron chi connectivity index (χ2n) is 4.61. The Hall–Kier alpha value is -2.41. The summed E-state index contributed by atoms with van der Waals surface area (Å²) in [5.41, 5.74) is 1.02. The van der Waals surface area contributed by atoms with Crippen LogP contribution in [-0.2, 0) is 0 Å². The van der Waals surface area contributed by atoms with Gasteiger partial charge in [-0.3, -0.25) is 4.98 Å². The molecule has 0 amide bonds. The highest BCUT2D eigenvalue weighted by Gasteiger charge is 2.22. The first-order valence-corrected chi connectivity index (χ1v) is 7.10. The Morgan fingerprint density at radius 1 is 1.18 bits per heavy atom. The topological polar surface area (TPSA) is 46.0 Å². The molecule has 0 radical (unpaired) electrons. The van der Waals surface area contributed by atoms with Gasteiger partial charge < -0.3 is 5.11 Å². The Bertz CT molecular complexity index is 864. The first kappa shape index (κ1) is 14.5. The molecule has 0 bridgehead atoms. The average molecular weight is 322 g/mol. The fraction of sp³-hybridized carbons (Fsp3) is 0.0667. The van der Waals surface area contributed by atoms with Crippen LogP contribution in [0.25, 0.3) is 21.8 Å². The van der Waals surface area contributed by atoms with E-state index in [1.807, 2.05) is 6.92 Å². The third-order valence-electron chi connectivity index (χ3n) is 3.17. The second kappa shape index (κ2) is 5.42. The maximum absolute atomic E-state index is 13.9. The summed E-state index contributed by atoms with van der Waals surface area (Å²) in [6.45, 7) is 1.86. The maximum Gasteiger partial charge on any atom is 0.201 e. The molecule has 7 heteroatoms. The van der Waals surface area contributed by atoms with Gasteiger partial charge in [-0.1, -0.05) is 0 Å². The van der Waals surface area contributed by atoms with Crippen molar-refractivity contribution in [2.45, 2.75) is 6.92 Å². The highest BCUT2D eigenvalue weighted by molar-refractivity contribution is 7.13. The number of phenols is 1. The summed E-state index contributed by atoms with van der Waals surface area (Å²) in [6, 6.07) is 2.32. The number of halogens is 3. The summed E-state index contributed by atoms with van der Waals surface area (Å²) in [7, 11) is 0. The van der Waals surface area contributed by atoms with E-state index in [-0.39, 0.29) is 5.69 Å². The minimum Gasteiger partial charge on any atom is -0.505 e. The highest BCUT2D eigenvalue weighted by atomic mass is 32.1. The van der Waals surface area contributed by atoms with Crippen molar-refractivity contribution in [1.29, 1.82) is 0 Å². The normalized spacial score (nSPS) is 10.9. The lowest BCUT2D eigenvalue weighted by atomic mass is 10.1. The molecule has 0 saturated carbocycles. The number of hydrogen-bond donors (Lipinski definition) is 1. The summed E-state index contributed by atoms with van der Waals surface area (Å²) in [6.07, 6.45) is 3.23. The number of thiazole rings is 1. The summed E-state index contributed by atoms with van der Waals surface area (Å²) < 4.78 is 41.2. The Kier molecular flexibility index (Phi) is 3.58. The van der Waals surface area contributed by atoms with Gasteiger partial charge in [-0.05, 0) is 18.6 Å². The zero-order chi connectivity index (χ0) is 15.9. The Balaban J connectivity index is 2.13. The molecule has 3 rings (SSSR count). The van der Waals surface area contributed by atoms with Gasteiger partial charge in [-0.2, -0.15) is 4.39 Å². The number of aromatic hydroxyl groups is 1. The molecular formula is C15H9F3N2OS. The second-order valence-corrected chi connectivity index (χ2v) is 5.47. The summed E-state index contributed by atoms with van der Waals surface area (Å²) in [5, 5.41) is 11.0. The molecule has 22 heavy (non-hydrogen) atoms. The van der Waals surface area contributed by atoms with E-state index < -0.39 is 28.8 Å². The number of nitrogens with zero attached hydrogens (tertiary/aromatic N) is 2. The number of aromatic nitrogens is 2. The lowest BCUT2D eigenvalue weighted by Gasteiger charge is -2.05. The number of aryl methyl sites for hydroxylation is 1. The summed E-state index contributed by atoms with van der Waals surface area (Å²) in [5.74, 6) is -5.10. The van der Waals surface area contributed by atoms with Crippen LogP contribution in [0, 0.1) is 24.4 Å². The molecule has 0 fully saturated rings. The molecule has 1 aromatic carbocycles. The molecule has 0 atom stereocenters. The number of pyridine rings is 1. The molecule has 0 unspecified atom stereocenters. The van der Waals surface area contributed by atoms with E-state index >= 15 is 0 Å². The van der Waals surface area contributed by atoms with Gasteiger partial charge >= 0.3 is 0 Å². The molecule has 0 aliphatic carbocycles. The van der Waals surface area contributed by atoms with Crippen molar-refractivity contribution >= 4 is 11.3 Å². The zero-order valence-corrected chi connectivity index (χ0v) is 12.1. The molecule has 3 aromatic rings. The molecule has 3 nitrogen and oxygen atoms in total. The van der Waals surface area contributed by atoms with E-state index in [2.05, 4.69) is 9.97 Å². The van der Waals surface area contributed by atoms with Crippen molar-refractivity contribution in [3.05, 3.63) is 52.9 Å². The smallest absolute Gasteiger partial charge is 0.201 e. The largest absolute Gasteiger partial charge is 0.505 e. The van der Waals surface area contributed by atoms with Gasteiger partial charge in [0.15, 0.2) is 11.6 Å². The third kappa shape index (κ3) is 2.33. The first-order valence-electron chi connectivity index (χ1n) is 6.22. The van der Waals surface area contributed by atoms with Crippen LogP contribution in [0.15, 0.2) is 29.9 Å². The minimum absolute atomic E-state index is 0.0304. The van der Waals surface area contributed by atoms with Crippen LogP contribution < -0.4 is 0 Å². The fourth-order valence-electron chi connectivity index (χ4n) is 2.02. The zero-order valence-electron chi connectivity index (χ0n) is 11.3.